The van der Waals surface area contributed by atoms with Crippen molar-refractivity contribution in [2.24, 2.45) is 0 Å². The fourth-order valence-corrected chi connectivity index (χ4v) is 2.76. The number of rotatable bonds is 3. The van der Waals surface area contributed by atoms with Gasteiger partial charge in [0.1, 0.15) is 6.33 Å². The van der Waals surface area contributed by atoms with E-state index in [9.17, 15) is 4.79 Å². The Balaban J connectivity index is 1.57. The molecule has 3 aliphatic rings. The number of hydrogen-bond donors (Lipinski definition) is 1. The zero-order valence-electron chi connectivity index (χ0n) is 13.1. The molecule has 0 spiro atoms. The lowest BCUT2D eigenvalue weighted by atomic mass is 10.2. The van der Waals surface area contributed by atoms with Gasteiger partial charge in [-0.2, -0.15) is 4.98 Å². The van der Waals surface area contributed by atoms with Crippen LogP contribution in [0.2, 0.25) is 0 Å². The maximum absolute atomic E-state index is 11.5. The zero-order chi connectivity index (χ0) is 16.4. The summed E-state index contributed by atoms with van der Waals surface area (Å²) in [6.07, 6.45) is 3.28. The topological polar surface area (TPSA) is 72.3 Å². The van der Waals surface area contributed by atoms with Crippen molar-refractivity contribution < 1.29 is 4.74 Å². The highest BCUT2D eigenvalue weighted by atomic mass is 16.5. The molecule has 3 aliphatic heterocycles. The van der Waals surface area contributed by atoms with E-state index in [-0.39, 0.29) is 5.56 Å². The van der Waals surface area contributed by atoms with Gasteiger partial charge >= 0.3 is 0 Å². The number of nitrogens with one attached hydrogen (secondary N) is 1. The molecule has 3 heterocycles. The van der Waals surface area contributed by atoms with E-state index < -0.39 is 0 Å². The maximum Gasteiger partial charge on any atom is 0.271 e. The number of morpholine rings is 1. The Morgan fingerprint density at radius 3 is 2.62 bits per heavy atom. The number of aromatic nitrogens is 3. The van der Waals surface area contributed by atoms with Crippen molar-refractivity contribution in [3.8, 4) is 11.4 Å². The molecule has 122 valence electrons. The van der Waals surface area contributed by atoms with Gasteiger partial charge in [0.05, 0.1) is 18.9 Å². The van der Waals surface area contributed by atoms with E-state index in [0.29, 0.717) is 5.82 Å². The van der Waals surface area contributed by atoms with Crippen LogP contribution in [0.3, 0.4) is 0 Å². The summed E-state index contributed by atoms with van der Waals surface area (Å²) in [6, 6.07) is 11.3. The third-order valence-electron chi connectivity index (χ3n) is 4.00. The summed E-state index contributed by atoms with van der Waals surface area (Å²) in [4.78, 5) is 22.0. The van der Waals surface area contributed by atoms with Crippen LogP contribution in [0.4, 0.5) is 11.4 Å². The van der Waals surface area contributed by atoms with Gasteiger partial charge in [0.25, 0.3) is 5.56 Å². The Kier molecular flexibility index (Phi) is 3.84. The Hall–Kier alpha value is -2.93. The van der Waals surface area contributed by atoms with E-state index in [2.05, 4.69) is 32.4 Å². The summed E-state index contributed by atoms with van der Waals surface area (Å²) in [5.74, 6) is 0.551. The van der Waals surface area contributed by atoms with Crippen LogP contribution < -0.4 is 15.9 Å². The Bertz CT molecular complexity index is 855. The SMILES string of the molecule is O=c1ccc2cncn(Nc3ccc(N4CCOCC4)cc3)c-2n1. The van der Waals surface area contributed by atoms with E-state index in [1.165, 1.54) is 11.8 Å². The fourth-order valence-electron chi connectivity index (χ4n) is 2.76. The maximum atomic E-state index is 11.5. The van der Waals surface area contributed by atoms with Crippen LogP contribution in [0.5, 0.6) is 0 Å². The minimum absolute atomic E-state index is 0.271. The van der Waals surface area contributed by atoms with Crippen molar-refractivity contribution in [3.05, 3.63) is 59.3 Å². The molecule has 7 heteroatoms. The van der Waals surface area contributed by atoms with Gasteiger partial charge in [-0.1, -0.05) is 0 Å². The van der Waals surface area contributed by atoms with Crippen LogP contribution in [-0.4, -0.2) is 40.9 Å². The lowest BCUT2D eigenvalue weighted by molar-refractivity contribution is 0.122. The molecule has 1 N–H and O–H groups in total. The molecule has 0 atom stereocenters. The minimum Gasteiger partial charge on any atom is -0.378 e. The average Bonchev–Trinajstić information content (AvgIpc) is 2.64. The molecule has 7 nitrogen and oxygen atoms in total. The minimum atomic E-state index is -0.271. The molecule has 0 unspecified atom stereocenters. The number of pyridine rings is 1. The lowest BCUT2D eigenvalue weighted by Crippen LogP contribution is -2.36. The smallest absolute Gasteiger partial charge is 0.271 e. The van der Waals surface area contributed by atoms with Crippen molar-refractivity contribution in [1.82, 2.24) is 14.6 Å². The van der Waals surface area contributed by atoms with Gasteiger partial charge in [-0.15, -0.1) is 0 Å². The second kappa shape index (κ2) is 6.29. The fraction of sp³-hybridized carbons (Fsp3) is 0.235. The molecule has 0 bridgehead atoms. The van der Waals surface area contributed by atoms with E-state index in [4.69, 9.17) is 4.74 Å². The molecule has 1 aromatic carbocycles. The monoisotopic (exact) mass is 323 g/mol. The number of hydrogen-bond acceptors (Lipinski definition) is 6. The summed E-state index contributed by atoms with van der Waals surface area (Å²) in [6.45, 7) is 3.34. The largest absolute Gasteiger partial charge is 0.378 e. The molecule has 0 radical (unpaired) electrons. The molecule has 24 heavy (non-hydrogen) atoms. The Labute approximate surface area is 138 Å². The van der Waals surface area contributed by atoms with Crippen LogP contribution in [-0.2, 0) is 4.74 Å². The van der Waals surface area contributed by atoms with E-state index in [1.54, 1.807) is 23.3 Å². The number of ether oxygens (including phenoxy) is 1. The van der Waals surface area contributed by atoms with Gasteiger partial charge in [0, 0.05) is 36.6 Å². The first-order valence-corrected chi connectivity index (χ1v) is 7.83. The van der Waals surface area contributed by atoms with Crippen LogP contribution in [0.1, 0.15) is 0 Å². The summed E-state index contributed by atoms with van der Waals surface area (Å²) in [7, 11) is 0. The molecule has 0 aliphatic carbocycles. The quantitative estimate of drug-likeness (QED) is 0.787. The molecule has 0 aromatic heterocycles. The second-order valence-electron chi connectivity index (χ2n) is 5.58. The van der Waals surface area contributed by atoms with Crippen molar-refractivity contribution in [2.75, 3.05) is 36.6 Å². The van der Waals surface area contributed by atoms with Gasteiger partial charge in [0.15, 0.2) is 5.82 Å². The summed E-state index contributed by atoms with van der Waals surface area (Å²) < 4.78 is 7.03. The van der Waals surface area contributed by atoms with Gasteiger partial charge in [0.2, 0.25) is 0 Å². The molecule has 0 amide bonds. The molecular formula is C17H17N5O2. The summed E-state index contributed by atoms with van der Waals surface area (Å²) in [5, 5.41) is 0. The number of benzene rings is 1. The second-order valence-corrected chi connectivity index (χ2v) is 5.58. The van der Waals surface area contributed by atoms with Crippen LogP contribution in [0, 0.1) is 0 Å². The van der Waals surface area contributed by atoms with Gasteiger partial charge in [-0.3, -0.25) is 10.2 Å². The van der Waals surface area contributed by atoms with E-state index in [0.717, 1.165) is 37.6 Å². The normalized spacial score (nSPS) is 14.8. The summed E-state index contributed by atoms with van der Waals surface area (Å²) in [5.41, 5.74) is 5.81. The van der Waals surface area contributed by atoms with Gasteiger partial charge in [-0.25, -0.2) is 9.66 Å². The Morgan fingerprint density at radius 1 is 1.04 bits per heavy atom. The molecular weight excluding hydrogens is 306 g/mol. The predicted octanol–water partition coefficient (Wildman–Crippen LogP) is 1.45. The number of anilines is 2. The van der Waals surface area contributed by atoms with Crippen LogP contribution in [0.25, 0.3) is 11.4 Å². The third-order valence-corrected chi connectivity index (χ3v) is 4.00. The van der Waals surface area contributed by atoms with E-state index in [1.807, 2.05) is 12.1 Å². The first-order chi connectivity index (χ1) is 11.8. The molecule has 1 fully saturated rings. The predicted molar refractivity (Wildman–Crippen MR) is 91.4 cm³/mol. The first kappa shape index (κ1) is 14.6. The van der Waals surface area contributed by atoms with Gasteiger partial charge in [-0.05, 0) is 30.3 Å². The molecule has 1 aromatic rings. The highest BCUT2D eigenvalue weighted by Crippen LogP contribution is 2.20. The number of fused-ring (bicyclic) bond motifs is 1. The highest BCUT2D eigenvalue weighted by molar-refractivity contribution is 5.58. The van der Waals surface area contributed by atoms with Gasteiger partial charge < -0.3 is 9.64 Å². The molecule has 0 saturated carbocycles. The third kappa shape index (κ3) is 2.93. The lowest BCUT2D eigenvalue weighted by Gasteiger charge is -2.29. The van der Waals surface area contributed by atoms with Crippen LogP contribution >= 0.6 is 0 Å². The first-order valence-electron chi connectivity index (χ1n) is 7.83. The van der Waals surface area contributed by atoms with Crippen molar-refractivity contribution in [3.63, 3.8) is 0 Å². The standard InChI is InChI=1S/C17H17N5O2/c23-16-6-1-13-11-18-12-22(17(13)19-16)20-14-2-4-15(5-3-14)21-7-9-24-10-8-21/h1-6,11-12,20H,7-10H2. The summed E-state index contributed by atoms with van der Waals surface area (Å²) >= 11 is 0. The molecule has 1 saturated heterocycles. The van der Waals surface area contributed by atoms with Crippen molar-refractivity contribution >= 4 is 11.4 Å². The average molecular weight is 323 g/mol. The van der Waals surface area contributed by atoms with Crippen molar-refractivity contribution in [1.29, 1.82) is 0 Å². The Morgan fingerprint density at radius 2 is 1.83 bits per heavy atom. The zero-order valence-corrected chi connectivity index (χ0v) is 13.1. The highest BCUT2D eigenvalue weighted by Gasteiger charge is 2.12. The van der Waals surface area contributed by atoms with Crippen LogP contribution in [0.15, 0.2) is 53.7 Å². The number of nitrogens with zero attached hydrogens (tertiary/aromatic N) is 4. The van der Waals surface area contributed by atoms with Crippen molar-refractivity contribution in [2.45, 2.75) is 0 Å². The molecule has 4 rings (SSSR count). The van der Waals surface area contributed by atoms with E-state index >= 15 is 0 Å².